The summed E-state index contributed by atoms with van der Waals surface area (Å²) in [5, 5.41) is 10.4. The molecule has 122 valence electrons. The van der Waals surface area contributed by atoms with Gasteiger partial charge in [-0.3, -0.25) is 4.98 Å². The summed E-state index contributed by atoms with van der Waals surface area (Å²) in [6.07, 6.45) is 6.60. The molecule has 2 saturated heterocycles. The van der Waals surface area contributed by atoms with Crippen LogP contribution in [0.3, 0.4) is 0 Å². The maximum Gasteiger partial charge on any atom is 0.208 e. The van der Waals surface area contributed by atoms with E-state index in [9.17, 15) is 0 Å². The van der Waals surface area contributed by atoms with Gasteiger partial charge in [-0.05, 0) is 31.9 Å². The van der Waals surface area contributed by atoms with Crippen LogP contribution in [0.5, 0.6) is 5.75 Å². The van der Waals surface area contributed by atoms with E-state index in [0.29, 0.717) is 6.61 Å². The number of rotatable bonds is 3. The molecular weight excluding hydrogens is 312 g/mol. The quantitative estimate of drug-likeness (QED) is 0.860. The van der Waals surface area contributed by atoms with E-state index >= 15 is 0 Å². The molecular formula is C16H20N4O2S. The van der Waals surface area contributed by atoms with Crippen LogP contribution < -0.4 is 9.64 Å². The predicted octanol–water partition coefficient (Wildman–Crippen LogP) is 2.45. The molecule has 23 heavy (non-hydrogen) atoms. The summed E-state index contributed by atoms with van der Waals surface area (Å²) >= 11 is 1.66. The Morgan fingerprint density at radius 2 is 2.22 bits per heavy atom. The first kappa shape index (κ1) is 14.8. The number of nitrogens with zero attached hydrogens (tertiary/aromatic N) is 4. The van der Waals surface area contributed by atoms with Crippen LogP contribution in [0.4, 0.5) is 5.13 Å². The van der Waals surface area contributed by atoms with E-state index in [1.807, 2.05) is 19.1 Å². The molecule has 2 fully saturated rings. The standard InChI is InChI=1S/C16H20N4O2S/c1-12-18-19-15(23-12)20-7-4-16(5-8-20)9-14(11-21-16)22-13-3-2-6-17-10-13/h2-3,6,10,14H,4-5,7-9,11H2,1H3/t14-/m0/s1. The fraction of sp³-hybridized carbons (Fsp3) is 0.562. The minimum atomic E-state index is -0.0386. The zero-order valence-electron chi connectivity index (χ0n) is 13.1. The molecule has 0 radical (unpaired) electrons. The van der Waals surface area contributed by atoms with Gasteiger partial charge in [0, 0.05) is 25.7 Å². The smallest absolute Gasteiger partial charge is 0.208 e. The predicted molar refractivity (Wildman–Crippen MR) is 88.0 cm³/mol. The molecule has 2 aromatic heterocycles. The van der Waals surface area contributed by atoms with E-state index in [1.165, 1.54) is 0 Å². The second kappa shape index (κ2) is 6.05. The molecule has 4 heterocycles. The summed E-state index contributed by atoms with van der Waals surface area (Å²) in [7, 11) is 0. The molecule has 2 aliphatic rings. The lowest BCUT2D eigenvalue weighted by Gasteiger charge is -2.38. The zero-order chi connectivity index (χ0) is 15.7. The number of anilines is 1. The van der Waals surface area contributed by atoms with Gasteiger partial charge in [-0.15, -0.1) is 10.2 Å². The number of pyridine rings is 1. The van der Waals surface area contributed by atoms with Crippen molar-refractivity contribution < 1.29 is 9.47 Å². The van der Waals surface area contributed by atoms with Crippen molar-refractivity contribution in [1.82, 2.24) is 15.2 Å². The Hall–Kier alpha value is -1.73. The van der Waals surface area contributed by atoms with E-state index in [1.54, 1.807) is 23.7 Å². The molecule has 0 amide bonds. The van der Waals surface area contributed by atoms with E-state index in [4.69, 9.17) is 9.47 Å². The van der Waals surface area contributed by atoms with Crippen molar-refractivity contribution in [2.45, 2.75) is 37.9 Å². The molecule has 1 atom stereocenters. The van der Waals surface area contributed by atoms with Gasteiger partial charge in [0.15, 0.2) is 0 Å². The van der Waals surface area contributed by atoms with Crippen LogP contribution in [0.2, 0.25) is 0 Å². The van der Waals surface area contributed by atoms with Gasteiger partial charge in [0.05, 0.1) is 18.4 Å². The topological polar surface area (TPSA) is 60.4 Å². The van der Waals surface area contributed by atoms with Crippen LogP contribution in [0.15, 0.2) is 24.5 Å². The van der Waals surface area contributed by atoms with Crippen LogP contribution >= 0.6 is 11.3 Å². The van der Waals surface area contributed by atoms with Gasteiger partial charge in [0.25, 0.3) is 0 Å². The fourth-order valence-corrected chi connectivity index (χ4v) is 4.09. The molecule has 7 heteroatoms. The van der Waals surface area contributed by atoms with Crippen LogP contribution in [-0.4, -0.2) is 46.6 Å². The first-order chi connectivity index (χ1) is 11.2. The van der Waals surface area contributed by atoms with Crippen molar-refractivity contribution in [3.63, 3.8) is 0 Å². The summed E-state index contributed by atoms with van der Waals surface area (Å²) < 4.78 is 12.1. The Morgan fingerprint density at radius 1 is 1.35 bits per heavy atom. The molecule has 1 spiro atoms. The summed E-state index contributed by atoms with van der Waals surface area (Å²) in [6.45, 7) is 4.59. The van der Waals surface area contributed by atoms with E-state index < -0.39 is 0 Å². The highest BCUT2D eigenvalue weighted by Gasteiger charge is 2.44. The van der Waals surface area contributed by atoms with Crippen molar-refractivity contribution in [1.29, 1.82) is 0 Å². The maximum absolute atomic E-state index is 6.15. The first-order valence-electron chi connectivity index (χ1n) is 7.98. The van der Waals surface area contributed by atoms with Crippen molar-refractivity contribution in [3.05, 3.63) is 29.5 Å². The summed E-state index contributed by atoms with van der Waals surface area (Å²) in [6, 6.07) is 3.84. The number of hydrogen-bond acceptors (Lipinski definition) is 7. The van der Waals surface area contributed by atoms with Gasteiger partial charge in [-0.25, -0.2) is 0 Å². The summed E-state index contributed by atoms with van der Waals surface area (Å²) in [5.41, 5.74) is -0.0386. The van der Waals surface area contributed by atoms with Crippen LogP contribution in [-0.2, 0) is 4.74 Å². The molecule has 6 nitrogen and oxygen atoms in total. The Bertz CT molecular complexity index is 655. The van der Waals surface area contributed by atoms with Gasteiger partial charge in [0.1, 0.15) is 16.9 Å². The van der Waals surface area contributed by atoms with Gasteiger partial charge in [-0.2, -0.15) is 0 Å². The minimum absolute atomic E-state index is 0.0386. The first-order valence-corrected chi connectivity index (χ1v) is 8.80. The fourth-order valence-electron chi connectivity index (χ4n) is 3.36. The number of ether oxygens (including phenoxy) is 2. The second-order valence-electron chi connectivity index (χ2n) is 6.22. The zero-order valence-corrected chi connectivity index (χ0v) is 14.0. The third kappa shape index (κ3) is 3.16. The average molecular weight is 332 g/mol. The van der Waals surface area contributed by atoms with Crippen molar-refractivity contribution in [3.8, 4) is 5.75 Å². The van der Waals surface area contributed by atoms with E-state index in [-0.39, 0.29) is 11.7 Å². The van der Waals surface area contributed by atoms with E-state index in [0.717, 1.165) is 48.2 Å². The lowest BCUT2D eigenvalue weighted by molar-refractivity contribution is -0.0162. The molecule has 0 aliphatic carbocycles. The third-order valence-electron chi connectivity index (χ3n) is 4.57. The summed E-state index contributed by atoms with van der Waals surface area (Å²) in [5.74, 6) is 0.819. The van der Waals surface area contributed by atoms with Gasteiger partial charge < -0.3 is 14.4 Å². The Balaban J connectivity index is 1.34. The van der Waals surface area contributed by atoms with Crippen LogP contribution in [0, 0.1) is 6.92 Å². The molecule has 0 aromatic carbocycles. The highest BCUT2D eigenvalue weighted by Crippen LogP contribution is 2.38. The lowest BCUT2D eigenvalue weighted by Crippen LogP contribution is -2.44. The molecule has 0 N–H and O–H groups in total. The highest BCUT2D eigenvalue weighted by molar-refractivity contribution is 7.15. The number of aromatic nitrogens is 3. The van der Waals surface area contributed by atoms with Crippen molar-refractivity contribution in [2.75, 3.05) is 24.6 Å². The summed E-state index contributed by atoms with van der Waals surface area (Å²) in [4.78, 5) is 6.41. The molecule has 0 saturated carbocycles. The third-order valence-corrected chi connectivity index (χ3v) is 5.47. The Morgan fingerprint density at radius 3 is 2.91 bits per heavy atom. The Labute approximate surface area is 139 Å². The normalized spacial score (nSPS) is 23.3. The lowest BCUT2D eigenvalue weighted by atomic mass is 9.88. The van der Waals surface area contributed by atoms with Crippen LogP contribution in [0.25, 0.3) is 0 Å². The largest absolute Gasteiger partial charge is 0.486 e. The van der Waals surface area contributed by atoms with Gasteiger partial charge in [0.2, 0.25) is 5.13 Å². The SMILES string of the molecule is Cc1nnc(N2CCC3(CC2)C[C@H](Oc2cccnc2)CO3)s1. The number of hydrogen-bond donors (Lipinski definition) is 0. The number of piperidine rings is 1. The molecule has 0 unspecified atom stereocenters. The molecule has 0 bridgehead atoms. The van der Waals surface area contributed by atoms with Crippen molar-refractivity contribution >= 4 is 16.5 Å². The maximum atomic E-state index is 6.15. The second-order valence-corrected chi connectivity index (χ2v) is 7.38. The average Bonchev–Trinajstić information content (AvgIpc) is 3.17. The van der Waals surface area contributed by atoms with Gasteiger partial charge >= 0.3 is 0 Å². The monoisotopic (exact) mass is 332 g/mol. The Kier molecular flexibility index (Phi) is 3.90. The van der Waals surface area contributed by atoms with Crippen LogP contribution in [0.1, 0.15) is 24.3 Å². The highest BCUT2D eigenvalue weighted by atomic mass is 32.1. The molecule has 2 aliphatic heterocycles. The molecule has 4 rings (SSSR count). The van der Waals surface area contributed by atoms with Crippen molar-refractivity contribution in [2.24, 2.45) is 0 Å². The molecule has 2 aromatic rings. The number of aryl methyl sites for hydroxylation is 1. The van der Waals surface area contributed by atoms with E-state index in [2.05, 4.69) is 20.1 Å². The van der Waals surface area contributed by atoms with Gasteiger partial charge in [-0.1, -0.05) is 11.3 Å². The minimum Gasteiger partial charge on any atom is -0.486 e.